The van der Waals surface area contributed by atoms with Crippen LogP contribution >= 0.6 is 11.8 Å². The third-order valence-corrected chi connectivity index (χ3v) is 6.25. The highest BCUT2D eigenvalue weighted by Gasteiger charge is 2.26. The van der Waals surface area contributed by atoms with Gasteiger partial charge in [0.1, 0.15) is 22.6 Å². The molecule has 1 aliphatic rings. The number of carbonyl (C=O) groups excluding carboxylic acids is 2. The number of amides is 2. The minimum atomic E-state index is -0.868. The monoisotopic (exact) mass is 494 g/mol. The van der Waals surface area contributed by atoms with Crippen LogP contribution in [-0.2, 0) is 0 Å². The highest BCUT2D eigenvalue weighted by Crippen LogP contribution is 2.41. The van der Waals surface area contributed by atoms with Crippen LogP contribution in [0.5, 0.6) is 17.2 Å². The van der Waals surface area contributed by atoms with Gasteiger partial charge in [-0.15, -0.1) is 5.10 Å². The summed E-state index contributed by atoms with van der Waals surface area (Å²) < 4.78 is 6.05. The Morgan fingerprint density at radius 1 is 1.17 bits per heavy atom. The molecule has 4 rings (SSSR count). The van der Waals surface area contributed by atoms with Crippen LogP contribution in [0.15, 0.2) is 64.0 Å². The molecular formula is C22H18N6O6S. The smallest absolute Gasteiger partial charge is 0.292 e. The van der Waals surface area contributed by atoms with E-state index in [4.69, 9.17) is 10.5 Å². The molecule has 0 spiro atoms. The number of primary amides is 1. The first kappa shape index (κ1) is 23.6. The molecule has 35 heavy (non-hydrogen) atoms. The molecule has 0 fully saturated rings. The number of thioether (sulfide) groups is 1. The second-order valence-corrected chi connectivity index (χ2v) is 8.41. The number of fused-ring (bicyclic) bond motifs is 1. The molecule has 1 atom stereocenters. The molecule has 0 saturated carbocycles. The number of hydrogen-bond donors (Lipinski definition) is 2. The molecule has 0 aliphatic carbocycles. The Balaban J connectivity index is 1.78. The standard InChI is InChI=1S/C22H18N6O6S/c1-11-21(25-26-24-11)35-22(31)27(2)16-9-12(28(32)33)7-8-17(16)34-18-10-15(20(23)30)19(29)14-6-4-3-5-13(14)18/h3-11,29H,1-2H3,(H2,23,30). The number of ether oxygens (including phenoxy) is 1. The Bertz CT molecular complexity index is 1440. The van der Waals surface area contributed by atoms with Crippen LogP contribution < -0.4 is 15.4 Å². The number of nitrogens with zero attached hydrogens (tertiary/aromatic N) is 5. The van der Waals surface area contributed by atoms with Crippen LogP contribution in [0.1, 0.15) is 17.3 Å². The first-order valence-corrected chi connectivity index (χ1v) is 10.9. The molecular weight excluding hydrogens is 476 g/mol. The molecule has 178 valence electrons. The van der Waals surface area contributed by atoms with E-state index in [1.807, 2.05) is 0 Å². The van der Waals surface area contributed by atoms with E-state index < -0.39 is 16.1 Å². The largest absolute Gasteiger partial charge is 0.506 e. The van der Waals surface area contributed by atoms with Crippen molar-refractivity contribution in [3.63, 3.8) is 0 Å². The molecule has 3 aromatic rings. The number of nitro benzene ring substituents is 1. The summed E-state index contributed by atoms with van der Waals surface area (Å²) in [5.41, 5.74) is 5.08. The summed E-state index contributed by atoms with van der Waals surface area (Å²) in [5, 5.41) is 33.7. The molecule has 0 radical (unpaired) electrons. The van der Waals surface area contributed by atoms with Crippen LogP contribution in [-0.4, -0.2) is 39.3 Å². The Hall–Kier alpha value is -4.52. The molecule has 0 saturated heterocycles. The number of hydrogen-bond acceptors (Lipinski definition) is 10. The first-order chi connectivity index (χ1) is 16.7. The van der Waals surface area contributed by atoms with E-state index in [1.54, 1.807) is 31.2 Å². The Morgan fingerprint density at radius 3 is 2.51 bits per heavy atom. The maximum atomic E-state index is 12.9. The third-order valence-electron chi connectivity index (χ3n) is 5.17. The Kier molecular flexibility index (Phi) is 6.34. The number of nitro groups is 1. The number of rotatable bonds is 5. The average Bonchev–Trinajstić information content (AvgIpc) is 3.24. The van der Waals surface area contributed by atoms with E-state index in [0.29, 0.717) is 15.8 Å². The third kappa shape index (κ3) is 4.61. The van der Waals surface area contributed by atoms with Gasteiger partial charge in [-0.3, -0.25) is 19.7 Å². The fourth-order valence-electron chi connectivity index (χ4n) is 3.33. The lowest BCUT2D eigenvalue weighted by molar-refractivity contribution is -0.384. The van der Waals surface area contributed by atoms with Gasteiger partial charge in [0.05, 0.1) is 16.2 Å². The minimum absolute atomic E-state index is 0.0918. The van der Waals surface area contributed by atoms with Gasteiger partial charge in [0.2, 0.25) is 0 Å². The highest BCUT2D eigenvalue weighted by atomic mass is 32.2. The number of aromatic hydroxyl groups is 1. The summed E-state index contributed by atoms with van der Waals surface area (Å²) in [7, 11) is 1.43. The van der Waals surface area contributed by atoms with Crippen LogP contribution in [0.4, 0.5) is 16.2 Å². The van der Waals surface area contributed by atoms with Crippen molar-refractivity contribution >= 4 is 50.1 Å². The molecule has 1 aliphatic heterocycles. The van der Waals surface area contributed by atoms with Gasteiger partial charge >= 0.3 is 0 Å². The lowest BCUT2D eigenvalue weighted by Gasteiger charge is -2.21. The van der Waals surface area contributed by atoms with Gasteiger partial charge in [-0.25, -0.2) is 0 Å². The Morgan fingerprint density at radius 2 is 1.89 bits per heavy atom. The number of phenols is 1. The first-order valence-electron chi connectivity index (χ1n) is 10.1. The summed E-state index contributed by atoms with van der Waals surface area (Å²) in [6.07, 6.45) is 0. The van der Waals surface area contributed by atoms with Gasteiger partial charge in [0.15, 0.2) is 5.75 Å². The number of carbonyl (C=O) groups is 2. The predicted molar refractivity (Wildman–Crippen MR) is 130 cm³/mol. The van der Waals surface area contributed by atoms with Gasteiger partial charge in [0.25, 0.3) is 16.8 Å². The SMILES string of the molecule is CC1N=NN=C1SC(=O)N(C)c1cc([N+](=O)[O-])ccc1Oc1cc(C(N)=O)c(O)c2ccccc12. The summed E-state index contributed by atoms with van der Waals surface area (Å²) in [4.78, 5) is 36.8. The molecule has 1 unspecified atom stereocenters. The number of anilines is 1. The molecule has 0 bridgehead atoms. The van der Waals surface area contributed by atoms with E-state index >= 15 is 0 Å². The number of non-ortho nitro benzene ring substituents is 1. The summed E-state index contributed by atoms with van der Waals surface area (Å²) >= 11 is 0.788. The molecule has 3 aromatic carbocycles. The normalized spacial score (nSPS) is 14.6. The Labute approximate surface area is 202 Å². The van der Waals surface area contributed by atoms with E-state index in [2.05, 4.69) is 15.4 Å². The molecule has 3 N–H and O–H groups in total. The molecule has 13 heteroatoms. The molecule has 0 aromatic heterocycles. The average molecular weight is 494 g/mol. The second kappa shape index (κ2) is 9.38. The van der Waals surface area contributed by atoms with E-state index in [9.17, 15) is 24.8 Å². The van der Waals surface area contributed by atoms with Crippen molar-refractivity contribution in [3.05, 3.63) is 64.2 Å². The topological polar surface area (TPSA) is 173 Å². The highest BCUT2D eigenvalue weighted by molar-refractivity contribution is 8.26. The van der Waals surface area contributed by atoms with Crippen molar-refractivity contribution in [2.24, 2.45) is 21.2 Å². The van der Waals surface area contributed by atoms with Crippen LogP contribution in [0.25, 0.3) is 10.8 Å². The van der Waals surface area contributed by atoms with Crippen molar-refractivity contribution in [2.45, 2.75) is 13.0 Å². The van der Waals surface area contributed by atoms with Crippen LogP contribution in [0, 0.1) is 10.1 Å². The van der Waals surface area contributed by atoms with E-state index in [0.717, 1.165) is 11.8 Å². The minimum Gasteiger partial charge on any atom is -0.506 e. The van der Waals surface area contributed by atoms with Crippen LogP contribution in [0.3, 0.4) is 0 Å². The van der Waals surface area contributed by atoms with Crippen molar-refractivity contribution in [3.8, 4) is 17.2 Å². The van der Waals surface area contributed by atoms with Gasteiger partial charge < -0.3 is 20.5 Å². The van der Waals surface area contributed by atoms with Gasteiger partial charge in [-0.05, 0) is 36.0 Å². The molecule has 1 heterocycles. The zero-order valence-corrected chi connectivity index (χ0v) is 19.2. The maximum absolute atomic E-state index is 12.9. The summed E-state index contributed by atoms with van der Waals surface area (Å²) in [6.45, 7) is 1.73. The van der Waals surface area contributed by atoms with Crippen LogP contribution in [0.2, 0.25) is 0 Å². The summed E-state index contributed by atoms with van der Waals surface area (Å²) in [5.74, 6) is -0.917. The maximum Gasteiger partial charge on any atom is 0.292 e. The number of benzene rings is 3. The van der Waals surface area contributed by atoms with Crippen molar-refractivity contribution < 1.29 is 24.4 Å². The lowest BCUT2D eigenvalue weighted by Crippen LogP contribution is -2.25. The van der Waals surface area contributed by atoms with E-state index in [-0.39, 0.29) is 40.2 Å². The van der Waals surface area contributed by atoms with Gasteiger partial charge in [-0.1, -0.05) is 24.3 Å². The van der Waals surface area contributed by atoms with Gasteiger partial charge in [0, 0.05) is 30.0 Å². The van der Waals surface area contributed by atoms with Crippen molar-refractivity contribution in [2.75, 3.05) is 11.9 Å². The number of nitrogens with two attached hydrogens (primary N) is 1. The zero-order chi connectivity index (χ0) is 25.3. The fraction of sp³-hybridized carbons (Fsp3) is 0.136. The zero-order valence-electron chi connectivity index (χ0n) is 18.4. The fourth-order valence-corrected chi connectivity index (χ4v) is 4.04. The van der Waals surface area contributed by atoms with Gasteiger partial charge in [-0.2, -0.15) is 5.11 Å². The quantitative estimate of drug-likeness (QED) is 0.378. The van der Waals surface area contributed by atoms with Crippen molar-refractivity contribution in [1.29, 1.82) is 0 Å². The second-order valence-electron chi connectivity index (χ2n) is 7.44. The molecule has 2 amide bonds. The molecule has 12 nitrogen and oxygen atoms in total. The summed E-state index contributed by atoms with van der Waals surface area (Å²) in [6, 6.07) is 11.3. The lowest BCUT2D eigenvalue weighted by atomic mass is 10.0. The van der Waals surface area contributed by atoms with Crippen molar-refractivity contribution in [1.82, 2.24) is 0 Å². The van der Waals surface area contributed by atoms with E-state index in [1.165, 1.54) is 36.2 Å². The predicted octanol–water partition coefficient (Wildman–Crippen LogP) is 4.80.